The van der Waals surface area contributed by atoms with Crippen LogP contribution >= 0.6 is 0 Å². The Morgan fingerprint density at radius 3 is 2.14 bits per heavy atom. The van der Waals surface area contributed by atoms with E-state index in [1.165, 1.54) is 6.92 Å². The van der Waals surface area contributed by atoms with Gasteiger partial charge in [-0.2, -0.15) is 0 Å². The first-order valence-electron chi connectivity index (χ1n) is 10.5. The molecule has 0 aliphatic heterocycles. The van der Waals surface area contributed by atoms with E-state index in [0.29, 0.717) is 38.6 Å². The molecule has 1 unspecified atom stereocenters. The Hall–Kier alpha value is -2.38. The second-order valence-electron chi connectivity index (χ2n) is 5.45. The van der Waals surface area contributed by atoms with E-state index >= 15 is 0 Å². The van der Waals surface area contributed by atoms with Crippen LogP contribution in [0.4, 0.5) is 0 Å². The number of unbranched alkanes of at least 4 members (excludes halogenated alkanes) is 1. The lowest BCUT2D eigenvalue weighted by atomic mass is 10.1. The van der Waals surface area contributed by atoms with Gasteiger partial charge in [-0.15, -0.1) is 6.58 Å². The summed E-state index contributed by atoms with van der Waals surface area (Å²) >= 11 is 0. The van der Waals surface area contributed by atoms with Gasteiger partial charge < -0.3 is 20.7 Å². The van der Waals surface area contributed by atoms with E-state index < -0.39 is 12.0 Å². The van der Waals surface area contributed by atoms with Gasteiger partial charge in [0.05, 0.1) is 13.2 Å². The van der Waals surface area contributed by atoms with Crippen LogP contribution in [0.1, 0.15) is 73.6 Å². The minimum absolute atomic E-state index is 0.0622. The van der Waals surface area contributed by atoms with Crippen molar-refractivity contribution in [3.8, 4) is 0 Å². The second-order valence-corrected chi connectivity index (χ2v) is 5.45. The van der Waals surface area contributed by atoms with E-state index in [9.17, 15) is 19.2 Å². The number of ether oxygens (including phenoxy) is 1. The van der Waals surface area contributed by atoms with E-state index in [1.54, 1.807) is 13.0 Å². The summed E-state index contributed by atoms with van der Waals surface area (Å²) in [6, 6.07) is -0.669. The fourth-order valence-electron chi connectivity index (χ4n) is 2.00. The van der Waals surface area contributed by atoms with Crippen molar-refractivity contribution in [2.75, 3.05) is 19.7 Å². The molecule has 0 aliphatic rings. The third-order valence-electron chi connectivity index (χ3n) is 3.21. The molecule has 0 aromatic carbocycles. The molecule has 8 heteroatoms. The quantitative estimate of drug-likeness (QED) is 0.243. The highest BCUT2D eigenvalue weighted by atomic mass is 16.5. The second kappa shape index (κ2) is 23.7. The number of rotatable bonds is 13. The molecule has 1 atom stereocenters. The molecule has 0 heterocycles. The molecule has 29 heavy (non-hydrogen) atoms. The van der Waals surface area contributed by atoms with E-state index in [1.807, 2.05) is 27.7 Å². The Bertz CT molecular complexity index is 467. The smallest absolute Gasteiger partial charge is 0.328 e. The molecule has 0 aromatic rings. The van der Waals surface area contributed by atoms with Gasteiger partial charge in [-0.3, -0.25) is 14.4 Å². The van der Waals surface area contributed by atoms with E-state index in [4.69, 9.17) is 4.74 Å². The van der Waals surface area contributed by atoms with Crippen molar-refractivity contribution in [3.63, 3.8) is 0 Å². The predicted octanol–water partition coefficient (Wildman–Crippen LogP) is 2.48. The summed E-state index contributed by atoms with van der Waals surface area (Å²) in [5, 5.41) is 7.76. The Labute approximate surface area is 176 Å². The zero-order chi connectivity index (χ0) is 23.1. The maximum absolute atomic E-state index is 11.7. The lowest BCUT2D eigenvalue weighted by Crippen LogP contribution is -2.41. The normalized spacial score (nSPS) is 10.0. The number of esters is 1. The topological polar surface area (TPSA) is 114 Å². The minimum atomic E-state index is -0.669. The van der Waals surface area contributed by atoms with E-state index in [-0.39, 0.29) is 30.9 Å². The fraction of sp³-hybridized carbons (Fsp3) is 0.714. The number of allylic oxidation sites excluding steroid dienone is 1. The van der Waals surface area contributed by atoms with Gasteiger partial charge in [0, 0.05) is 19.9 Å². The molecule has 3 amide bonds. The molecule has 0 aliphatic carbocycles. The van der Waals surface area contributed by atoms with Gasteiger partial charge in [0.1, 0.15) is 6.04 Å². The van der Waals surface area contributed by atoms with Gasteiger partial charge in [-0.1, -0.05) is 33.8 Å². The molecule has 8 nitrogen and oxygen atoms in total. The van der Waals surface area contributed by atoms with Gasteiger partial charge in [0.25, 0.3) is 0 Å². The van der Waals surface area contributed by atoms with Crippen LogP contribution in [-0.2, 0) is 23.9 Å². The lowest BCUT2D eigenvalue weighted by Gasteiger charge is -2.16. The summed E-state index contributed by atoms with van der Waals surface area (Å²) in [5.41, 5.74) is 0. The summed E-state index contributed by atoms with van der Waals surface area (Å²) in [7, 11) is 0. The Morgan fingerprint density at radius 2 is 1.62 bits per heavy atom. The molecule has 0 spiro atoms. The van der Waals surface area contributed by atoms with Crippen molar-refractivity contribution in [3.05, 3.63) is 12.7 Å². The molecule has 170 valence electrons. The first-order valence-corrected chi connectivity index (χ1v) is 10.5. The van der Waals surface area contributed by atoms with Crippen molar-refractivity contribution in [1.82, 2.24) is 16.0 Å². The SMILES string of the molecule is C=CCCC(=O)NCC(=O)NCCCCC(NC(C)=O)C(=O)OCC.CC.CC. The van der Waals surface area contributed by atoms with E-state index in [2.05, 4.69) is 22.5 Å². The monoisotopic (exact) mass is 415 g/mol. The average Bonchev–Trinajstić information content (AvgIpc) is 2.72. The van der Waals surface area contributed by atoms with Crippen LogP contribution in [0.2, 0.25) is 0 Å². The predicted molar refractivity (Wildman–Crippen MR) is 116 cm³/mol. The molecular weight excluding hydrogens is 374 g/mol. The third-order valence-corrected chi connectivity index (χ3v) is 3.21. The zero-order valence-corrected chi connectivity index (χ0v) is 19.1. The number of hydrogen-bond acceptors (Lipinski definition) is 5. The zero-order valence-electron chi connectivity index (χ0n) is 19.1. The molecule has 0 bridgehead atoms. The molecule has 3 N–H and O–H groups in total. The molecule has 0 aromatic heterocycles. The summed E-state index contributed by atoms with van der Waals surface area (Å²) in [6.45, 7) is 15.2. The van der Waals surface area contributed by atoms with Crippen molar-refractivity contribution in [2.24, 2.45) is 0 Å². The maximum atomic E-state index is 11.7. The molecular formula is C21H41N3O5. The first-order chi connectivity index (χ1) is 13.9. The first kappa shape index (κ1) is 31.3. The molecule has 0 fully saturated rings. The number of amides is 3. The highest BCUT2D eigenvalue weighted by Crippen LogP contribution is 2.03. The number of carbonyl (C=O) groups is 4. The highest BCUT2D eigenvalue weighted by molar-refractivity contribution is 5.84. The number of hydrogen-bond donors (Lipinski definition) is 3. The average molecular weight is 416 g/mol. The van der Waals surface area contributed by atoms with E-state index in [0.717, 1.165) is 0 Å². The van der Waals surface area contributed by atoms with Gasteiger partial charge in [-0.25, -0.2) is 4.79 Å². The van der Waals surface area contributed by atoms with Gasteiger partial charge >= 0.3 is 5.97 Å². The molecule has 0 radical (unpaired) electrons. The van der Waals surface area contributed by atoms with Crippen LogP contribution in [0.3, 0.4) is 0 Å². The van der Waals surface area contributed by atoms with Crippen molar-refractivity contribution >= 4 is 23.7 Å². The van der Waals surface area contributed by atoms with Crippen LogP contribution in [0.5, 0.6) is 0 Å². The van der Waals surface area contributed by atoms with Crippen LogP contribution in [0.25, 0.3) is 0 Å². The van der Waals surface area contributed by atoms with Crippen LogP contribution in [0, 0.1) is 0 Å². The van der Waals surface area contributed by atoms with Crippen LogP contribution < -0.4 is 16.0 Å². The summed E-state index contributed by atoms with van der Waals surface area (Å²) in [5.74, 6) is -1.21. The van der Waals surface area contributed by atoms with Gasteiger partial charge in [-0.05, 0) is 32.6 Å². The summed E-state index contributed by atoms with van der Waals surface area (Å²) in [6.07, 6.45) is 4.25. The molecule has 0 saturated heterocycles. The lowest BCUT2D eigenvalue weighted by molar-refractivity contribution is -0.147. The van der Waals surface area contributed by atoms with Crippen molar-refractivity contribution in [1.29, 1.82) is 0 Å². The fourth-order valence-corrected chi connectivity index (χ4v) is 2.00. The summed E-state index contributed by atoms with van der Waals surface area (Å²) < 4.78 is 4.91. The molecule has 0 rings (SSSR count). The standard InChI is InChI=1S/C17H29N3O5.2C2H6/c1-4-6-10-15(22)19-12-16(23)18-11-8-7-9-14(20-13(3)21)17(24)25-5-2;2*1-2/h4,14H,1,5-12H2,2-3H3,(H,18,23)(H,19,22)(H,20,21);2*1-2H3. The Morgan fingerprint density at radius 1 is 1.00 bits per heavy atom. The van der Waals surface area contributed by atoms with Crippen molar-refractivity contribution in [2.45, 2.75) is 79.7 Å². The highest BCUT2D eigenvalue weighted by Gasteiger charge is 2.19. The molecule has 0 saturated carbocycles. The third kappa shape index (κ3) is 21.8. The number of nitrogens with one attached hydrogen (secondary N) is 3. The van der Waals surface area contributed by atoms with Gasteiger partial charge in [0.15, 0.2) is 0 Å². The largest absolute Gasteiger partial charge is 0.464 e. The Balaban J connectivity index is -0.00000158. The van der Waals surface area contributed by atoms with Crippen LogP contribution in [-0.4, -0.2) is 49.4 Å². The maximum Gasteiger partial charge on any atom is 0.328 e. The minimum Gasteiger partial charge on any atom is -0.464 e. The van der Waals surface area contributed by atoms with Gasteiger partial charge in [0.2, 0.25) is 17.7 Å². The van der Waals surface area contributed by atoms with Crippen molar-refractivity contribution < 1.29 is 23.9 Å². The summed E-state index contributed by atoms with van der Waals surface area (Å²) in [4.78, 5) is 45.8. The number of carbonyl (C=O) groups excluding carboxylic acids is 4. The Kier molecular flexibility index (Phi) is 25.6. The van der Waals surface area contributed by atoms with Crippen LogP contribution in [0.15, 0.2) is 12.7 Å².